The van der Waals surface area contributed by atoms with Crippen molar-refractivity contribution in [2.24, 2.45) is 5.92 Å². The second-order valence-electron chi connectivity index (χ2n) is 11.5. The van der Waals surface area contributed by atoms with Gasteiger partial charge in [0.15, 0.2) is 0 Å². The number of alkyl halides is 3. The zero-order chi connectivity index (χ0) is 33.4. The number of anilines is 1. The summed E-state index contributed by atoms with van der Waals surface area (Å²) in [6, 6.07) is 14.7. The van der Waals surface area contributed by atoms with Gasteiger partial charge in [-0.05, 0) is 79.8 Å². The summed E-state index contributed by atoms with van der Waals surface area (Å²) in [5.74, 6) is -1.56. The summed E-state index contributed by atoms with van der Waals surface area (Å²) in [6.45, 7) is 3.61. The Bertz CT molecular complexity index is 1810. The average Bonchev–Trinajstić information content (AvgIpc) is 3.50. The number of ether oxygens (including phenoxy) is 1. The molecule has 2 aliphatic rings. The summed E-state index contributed by atoms with van der Waals surface area (Å²) >= 11 is 6.20. The highest BCUT2D eigenvalue weighted by Crippen LogP contribution is 2.41. The number of rotatable bonds is 8. The molecule has 0 bridgehead atoms. The highest BCUT2D eigenvalue weighted by molar-refractivity contribution is 7.92. The molecule has 1 fully saturated rings. The van der Waals surface area contributed by atoms with Crippen molar-refractivity contribution >= 4 is 50.8 Å². The van der Waals surface area contributed by atoms with Crippen molar-refractivity contribution in [1.82, 2.24) is 4.90 Å². The van der Waals surface area contributed by atoms with Crippen molar-refractivity contribution in [1.29, 1.82) is 0 Å². The fourth-order valence-electron chi connectivity index (χ4n) is 5.81. The number of allylic oxidation sites excluding steroid dienone is 1. The van der Waals surface area contributed by atoms with E-state index in [4.69, 9.17) is 16.3 Å². The Morgan fingerprint density at radius 1 is 1.09 bits per heavy atom. The maximum Gasteiger partial charge on any atom is 0.417 e. The van der Waals surface area contributed by atoms with Gasteiger partial charge in [0, 0.05) is 30.1 Å². The molecule has 13 heteroatoms. The summed E-state index contributed by atoms with van der Waals surface area (Å²) in [5.41, 5.74) is 0.522. The van der Waals surface area contributed by atoms with Gasteiger partial charge in [0.2, 0.25) is 5.91 Å². The first-order valence-corrected chi connectivity index (χ1v) is 16.4. The van der Waals surface area contributed by atoms with E-state index >= 15 is 0 Å². The molecule has 0 aromatic heterocycles. The zero-order valence-corrected chi connectivity index (χ0v) is 26.6. The van der Waals surface area contributed by atoms with Crippen LogP contribution in [0.2, 0.25) is 5.02 Å². The van der Waals surface area contributed by atoms with Crippen LogP contribution in [-0.4, -0.2) is 56.0 Å². The van der Waals surface area contributed by atoms with Crippen molar-refractivity contribution in [3.05, 3.63) is 87.9 Å². The number of hydrogen-bond donors (Lipinski definition) is 1. The number of sulfonamides is 1. The van der Waals surface area contributed by atoms with Crippen LogP contribution in [0.5, 0.6) is 5.75 Å². The largest absolute Gasteiger partial charge is 0.486 e. The first-order valence-electron chi connectivity index (χ1n) is 14.6. The lowest BCUT2D eigenvalue weighted by Gasteiger charge is -2.36. The topological polar surface area (TPSA) is 104 Å². The third-order valence-corrected chi connectivity index (χ3v) is 10.2. The van der Waals surface area contributed by atoms with E-state index in [9.17, 15) is 36.3 Å². The van der Waals surface area contributed by atoms with Gasteiger partial charge in [-0.3, -0.25) is 13.9 Å². The number of likely N-dealkylation sites (tertiary alicyclic amines) is 1. The van der Waals surface area contributed by atoms with Crippen molar-refractivity contribution in [3.63, 3.8) is 0 Å². The molecular weight excluding hydrogens is 645 g/mol. The predicted molar refractivity (Wildman–Crippen MR) is 168 cm³/mol. The molecule has 2 aliphatic heterocycles. The van der Waals surface area contributed by atoms with E-state index in [1.54, 1.807) is 37.3 Å². The summed E-state index contributed by atoms with van der Waals surface area (Å²) < 4.78 is 76.8. The highest BCUT2D eigenvalue weighted by Gasteiger charge is 2.37. The van der Waals surface area contributed by atoms with Gasteiger partial charge >= 0.3 is 12.1 Å². The van der Waals surface area contributed by atoms with E-state index in [1.165, 1.54) is 46.5 Å². The Morgan fingerprint density at radius 3 is 2.50 bits per heavy atom. The van der Waals surface area contributed by atoms with Crippen molar-refractivity contribution in [2.75, 3.05) is 23.9 Å². The number of benzene rings is 3. The molecule has 244 valence electrons. The van der Waals surface area contributed by atoms with E-state index in [0.29, 0.717) is 18.5 Å². The van der Waals surface area contributed by atoms with Gasteiger partial charge in [0.25, 0.3) is 10.0 Å². The molecule has 1 saturated heterocycles. The van der Waals surface area contributed by atoms with Gasteiger partial charge in [-0.1, -0.05) is 41.9 Å². The number of amides is 1. The molecule has 5 rings (SSSR count). The number of fused-ring (bicyclic) bond motifs is 1. The Hall–Kier alpha value is -4.03. The lowest BCUT2D eigenvalue weighted by atomic mass is 9.98. The monoisotopic (exact) mass is 676 g/mol. The highest BCUT2D eigenvalue weighted by atomic mass is 35.5. The van der Waals surface area contributed by atoms with Crippen LogP contribution < -0.4 is 9.04 Å². The molecule has 2 heterocycles. The van der Waals surface area contributed by atoms with Gasteiger partial charge in [-0.15, -0.1) is 0 Å². The number of hydrogen-bond acceptors (Lipinski definition) is 5. The molecule has 8 nitrogen and oxygen atoms in total. The van der Waals surface area contributed by atoms with E-state index in [1.807, 2.05) is 0 Å². The summed E-state index contributed by atoms with van der Waals surface area (Å²) in [6.07, 6.45) is -3.25. The summed E-state index contributed by atoms with van der Waals surface area (Å²) in [4.78, 5) is 25.7. The number of carboxylic acid groups (broad SMARTS) is 1. The first kappa shape index (κ1) is 33.3. The molecule has 3 aromatic carbocycles. The molecule has 0 radical (unpaired) electrons. The number of aryl methyl sites for hydroxylation is 1. The van der Waals surface area contributed by atoms with Crippen molar-refractivity contribution < 1.29 is 41.0 Å². The standard InChI is InChI=1S/C33H32ClF3N2O6S/c1-20-5-3-6-25(15-20)46(43,44)39-19-24(10-12-30(40)38-14-13-23(18-38)32(41)42)45-29-11-9-22(17-28(29)39)16-21(2)31-26(33(35,36)37)7-4-8-27(31)34/h3-9,11,15-17,23-24H,10,12-14,18-19H2,1-2H3,(H,41,42)/b21-16+/t23-,24+/m1/s1. The second-order valence-corrected chi connectivity index (χ2v) is 13.8. The molecule has 1 N–H and O–H groups in total. The molecular formula is C33H32ClF3N2O6S. The zero-order valence-electron chi connectivity index (χ0n) is 25.1. The van der Waals surface area contributed by atoms with Crippen LogP contribution in [0.1, 0.15) is 48.4 Å². The lowest BCUT2D eigenvalue weighted by Crippen LogP contribution is -2.44. The van der Waals surface area contributed by atoms with Crippen LogP contribution in [0.4, 0.5) is 18.9 Å². The molecule has 0 spiro atoms. The van der Waals surface area contributed by atoms with E-state index in [2.05, 4.69) is 0 Å². The van der Waals surface area contributed by atoms with E-state index in [0.717, 1.165) is 11.6 Å². The van der Waals surface area contributed by atoms with Crippen LogP contribution >= 0.6 is 11.6 Å². The predicted octanol–water partition coefficient (Wildman–Crippen LogP) is 6.90. The Labute approximate surface area is 270 Å². The number of nitrogens with zero attached hydrogens (tertiary/aromatic N) is 2. The van der Waals surface area contributed by atoms with Gasteiger partial charge in [0.1, 0.15) is 11.9 Å². The van der Waals surface area contributed by atoms with Gasteiger partial charge < -0.3 is 14.7 Å². The maximum absolute atomic E-state index is 14.0. The number of aliphatic carboxylic acids is 1. The molecule has 0 unspecified atom stereocenters. The Morgan fingerprint density at radius 2 is 1.83 bits per heavy atom. The van der Waals surface area contributed by atoms with Crippen LogP contribution in [0.3, 0.4) is 0 Å². The van der Waals surface area contributed by atoms with Crippen LogP contribution in [0.15, 0.2) is 65.6 Å². The SMILES string of the molecule is C/C(=C\c1ccc2c(c1)N(S(=O)(=O)c1cccc(C)c1)C[C@H](CCC(=O)N1CC[C@@H](C(=O)O)C1)O2)c1c(Cl)cccc1C(F)(F)F. The minimum atomic E-state index is -4.64. The fourth-order valence-corrected chi connectivity index (χ4v) is 7.74. The maximum atomic E-state index is 14.0. The number of carboxylic acids is 1. The average molecular weight is 677 g/mol. The van der Waals surface area contributed by atoms with E-state index in [-0.39, 0.29) is 64.3 Å². The Balaban J connectivity index is 1.47. The molecule has 2 atom stereocenters. The first-order chi connectivity index (χ1) is 21.6. The van der Waals surface area contributed by atoms with E-state index < -0.39 is 39.8 Å². The smallest absolute Gasteiger partial charge is 0.417 e. The minimum absolute atomic E-state index is 0.0318. The fraction of sp³-hybridized carbons (Fsp3) is 0.333. The molecule has 46 heavy (non-hydrogen) atoms. The third-order valence-electron chi connectivity index (χ3n) is 8.16. The molecule has 1 amide bonds. The van der Waals surface area contributed by atoms with Crippen LogP contribution in [-0.2, 0) is 25.8 Å². The third kappa shape index (κ3) is 7.02. The minimum Gasteiger partial charge on any atom is -0.486 e. The second kappa shape index (κ2) is 13.0. The van der Waals surface area contributed by atoms with Crippen LogP contribution in [0, 0.1) is 12.8 Å². The molecule has 0 aliphatic carbocycles. The van der Waals surface area contributed by atoms with Gasteiger partial charge in [0.05, 0.1) is 28.6 Å². The van der Waals surface area contributed by atoms with Crippen LogP contribution in [0.25, 0.3) is 11.6 Å². The van der Waals surface area contributed by atoms with Crippen molar-refractivity contribution in [3.8, 4) is 5.75 Å². The van der Waals surface area contributed by atoms with Gasteiger partial charge in [-0.2, -0.15) is 13.2 Å². The van der Waals surface area contributed by atoms with Crippen molar-refractivity contribution in [2.45, 2.75) is 50.3 Å². The quantitative estimate of drug-likeness (QED) is 0.261. The normalized spacial score (nSPS) is 18.7. The number of carbonyl (C=O) groups is 2. The summed E-state index contributed by atoms with van der Waals surface area (Å²) in [7, 11) is -4.13. The number of halogens is 4. The van der Waals surface area contributed by atoms with Gasteiger partial charge in [-0.25, -0.2) is 8.42 Å². The Kier molecular flexibility index (Phi) is 9.42. The molecule has 3 aromatic rings. The summed E-state index contributed by atoms with van der Waals surface area (Å²) in [5, 5.41) is 9.19. The number of carbonyl (C=O) groups excluding carboxylic acids is 1. The molecule has 0 saturated carbocycles. The lowest BCUT2D eigenvalue weighted by molar-refractivity contribution is -0.141.